The minimum Gasteiger partial charge on any atom is -0.498 e. The first-order valence-electron chi connectivity index (χ1n) is 4.73. The van der Waals surface area contributed by atoms with Crippen molar-refractivity contribution in [2.24, 2.45) is 5.92 Å². The van der Waals surface area contributed by atoms with Gasteiger partial charge < -0.3 is 4.74 Å². The zero-order valence-electron chi connectivity index (χ0n) is 8.26. The molecular weight excluding hydrogens is 148 g/mol. The third kappa shape index (κ3) is 2.40. The van der Waals surface area contributed by atoms with Crippen LogP contribution in [0.4, 0.5) is 0 Å². The van der Waals surface area contributed by atoms with Crippen LogP contribution in [0.25, 0.3) is 0 Å². The molecule has 0 bridgehead atoms. The molecule has 1 heteroatoms. The standard InChI is InChI=1S/C11H18O/c1-4-5-6-11-7-9(2)8-12-10(11)3/h5-6,9H,4,7-8H2,1-3H3/b6-5-. The highest BCUT2D eigenvalue weighted by atomic mass is 16.5. The van der Waals surface area contributed by atoms with E-state index in [1.165, 1.54) is 12.0 Å². The molecular formula is C11H18O. The number of hydrogen-bond acceptors (Lipinski definition) is 1. The first kappa shape index (κ1) is 9.37. The van der Waals surface area contributed by atoms with Crippen molar-refractivity contribution in [1.29, 1.82) is 0 Å². The Kier molecular flexibility index (Phi) is 3.39. The summed E-state index contributed by atoms with van der Waals surface area (Å²) in [6.07, 6.45) is 6.67. The molecule has 0 radical (unpaired) electrons. The van der Waals surface area contributed by atoms with Gasteiger partial charge in [-0.05, 0) is 31.3 Å². The van der Waals surface area contributed by atoms with E-state index < -0.39 is 0 Å². The monoisotopic (exact) mass is 166 g/mol. The van der Waals surface area contributed by atoms with Crippen LogP contribution in [0.3, 0.4) is 0 Å². The molecule has 0 aromatic heterocycles. The van der Waals surface area contributed by atoms with Crippen LogP contribution in [0.1, 0.15) is 33.6 Å². The van der Waals surface area contributed by atoms with Crippen LogP contribution in [0.2, 0.25) is 0 Å². The van der Waals surface area contributed by atoms with Crippen molar-refractivity contribution in [3.63, 3.8) is 0 Å². The van der Waals surface area contributed by atoms with Gasteiger partial charge in [0.1, 0.15) is 0 Å². The summed E-state index contributed by atoms with van der Waals surface area (Å²) < 4.78 is 5.53. The molecule has 1 rings (SSSR count). The number of allylic oxidation sites excluding steroid dienone is 4. The molecule has 1 unspecified atom stereocenters. The highest BCUT2D eigenvalue weighted by Crippen LogP contribution is 2.23. The Balaban J connectivity index is 2.64. The molecule has 0 aliphatic carbocycles. The van der Waals surface area contributed by atoms with Gasteiger partial charge in [-0.2, -0.15) is 0 Å². The maximum Gasteiger partial charge on any atom is 0.0960 e. The molecule has 0 saturated heterocycles. The van der Waals surface area contributed by atoms with E-state index in [-0.39, 0.29) is 0 Å². The molecule has 0 fully saturated rings. The number of rotatable bonds is 2. The van der Waals surface area contributed by atoms with Gasteiger partial charge in [-0.3, -0.25) is 0 Å². The van der Waals surface area contributed by atoms with Gasteiger partial charge in [0, 0.05) is 0 Å². The molecule has 0 spiro atoms. The minimum absolute atomic E-state index is 0.671. The zero-order valence-corrected chi connectivity index (χ0v) is 8.26. The second-order valence-corrected chi connectivity index (χ2v) is 3.51. The average Bonchev–Trinajstić information content (AvgIpc) is 2.07. The van der Waals surface area contributed by atoms with Gasteiger partial charge in [0.15, 0.2) is 0 Å². The maximum absolute atomic E-state index is 5.53. The lowest BCUT2D eigenvalue weighted by atomic mass is 9.98. The van der Waals surface area contributed by atoms with E-state index in [9.17, 15) is 0 Å². The second kappa shape index (κ2) is 4.34. The Bertz CT molecular complexity index is 201. The smallest absolute Gasteiger partial charge is 0.0960 e. The Labute approximate surface area is 75.1 Å². The summed E-state index contributed by atoms with van der Waals surface area (Å²) in [5, 5.41) is 0. The van der Waals surface area contributed by atoms with Crippen LogP contribution in [0.5, 0.6) is 0 Å². The van der Waals surface area contributed by atoms with E-state index in [2.05, 4.69) is 32.9 Å². The zero-order chi connectivity index (χ0) is 8.97. The van der Waals surface area contributed by atoms with E-state index in [0.29, 0.717) is 5.92 Å². The number of hydrogen-bond donors (Lipinski definition) is 0. The molecule has 0 amide bonds. The topological polar surface area (TPSA) is 9.23 Å². The highest BCUT2D eigenvalue weighted by Gasteiger charge is 2.13. The largest absolute Gasteiger partial charge is 0.498 e. The Hall–Kier alpha value is -0.720. The summed E-state index contributed by atoms with van der Waals surface area (Å²) in [6, 6.07) is 0. The molecule has 68 valence electrons. The maximum atomic E-state index is 5.53. The predicted molar refractivity (Wildman–Crippen MR) is 51.9 cm³/mol. The van der Waals surface area contributed by atoms with Crippen LogP contribution in [0, 0.1) is 5.92 Å². The van der Waals surface area contributed by atoms with E-state index in [4.69, 9.17) is 4.74 Å². The molecule has 1 aliphatic rings. The van der Waals surface area contributed by atoms with Crippen molar-refractivity contribution in [2.45, 2.75) is 33.6 Å². The molecule has 0 aromatic carbocycles. The van der Waals surface area contributed by atoms with E-state index in [1.807, 2.05) is 0 Å². The molecule has 0 saturated carbocycles. The molecule has 0 N–H and O–H groups in total. The normalized spacial score (nSPS) is 24.8. The quantitative estimate of drug-likeness (QED) is 0.611. The summed E-state index contributed by atoms with van der Waals surface area (Å²) in [7, 11) is 0. The van der Waals surface area contributed by atoms with Gasteiger partial charge in [0.25, 0.3) is 0 Å². The fraction of sp³-hybridized carbons (Fsp3) is 0.636. The minimum atomic E-state index is 0.671. The summed E-state index contributed by atoms with van der Waals surface area (Å²) in [6.45, 7) is 7.32. The van der Waals surface area contributed by atoms with Crippen molar-refractivity contribution < 1.29 is 4.74 Å². The Morgan fingerprint density at radius 1 is 1.58 bits per heavy atom. The SMILES string of the molecule is CC/C=C\C1=C(C)OCC(C)C1. The van der Waals surface area contributed by atoms with Crippen LogP contribution in [-0.2, 0) is 4.74 Å². The Morgan fingerprint density at radius 3 is 3.00 bits per heavy atom. The first-order chi connectivity index (χ1) is 5.74. The van der Waals surface area contributed by atoms with Crippen molar-refractivity contribution in [3.05, 3.63) is 23.5 Å². The van der Waals surface area contributed by atoms with Gasteiger partial charge in [0.05, 0.1) is 12.4 Å². The molecule has 0 aromatic rings. The van der Waals surface area contributed by atoms with Crippen molar-refractivity contribution in [1.82, 2.24) is 0 Å². The fourth-order valence-electron chi connectivity index (χ4n) is 1.38. The lowest BCUT2D eigenvalue weighted by Gasteiger charge is -2.22. The van der Waals surface area contributed by atoms with E-state index in [1.54, 1.807) is 0 Å². The van der Waals surface area contributed by atoms with E-state index in [0.717, 1.165) is 18.8 Å². The average molecular weight is 166 g/mol. The molecule has 1 atom stereocenters. The summed E-state index contributed by atoms with van der Waals surface area (Å²) >= 11 is 0. The lowest BCUT2D eigenvalue weighted by Crippen LogP contribution is -2.12. The fourth-order valence-corrected chi connectivity index (χ4v) is 1.38. The van der Waals surface area contributed by atoms with Crippen molar-refractivity contribution in [2.75, 3.05) is 6.61 Å². The van der Waals surface area contributed by atoms with Gasteiger partial charge in [-0.25, -0.2) is 0 Å². The summed E-state index contributed by atoms with van der Waals surface area (Å²) in [4.78, 5) is 0. The van der Waals surface area contributed by atoms with Gasteiger partial charge in [-0.1, -0.05) is 26.0 Å². The first-order valence-corrected chi connectivity index (χ1v) is 4.73. The highest BCUT2D eigenvalue weighted by molar-refractivity contribution is 5.23. The van der Waals surface area contributed by atoms with Crippen LogP contribution >= 0.6 is 0 Å². The summed E-state index contributed by atoms with van der Waals surface area (Å²) in [5.41, 5.74) is 1.37. The second-order valence-electron chi connectivity index (χ2n) is 3.51. The van der Waals surface area contributed by atoms with Gasteiger partial charge in [-0.15, -0.1) is 0 Å². The van der Waals surface area contributed by atoms with Gasteiger partial charge >= 0.3 is 0 Å². The molecule has 1 aliphatic heterocycles. The summed E-state index contributed by atoms with van der Waals surface area (Å²) in [5.74, 6) is 1.78. The van der Waals surface area contributed by atoms with E-state index >= 15 is 0 Å². The van der Waals surface area contributed by atoms with Crippen molar-refractivity contribution in [3.8, 4) is 0 Å². The lowest BCUT2D eigenvalue weighted by molar-refractivity contribution is 0.151. The van der Waals surface area contributed by atoms with Crippen LogP contribution in [-0.4, -0.2) is 6.61 Å². The van der Waals surface area contributed by atoms with Crippen LogP contribution < -0.4 is 0 Å². The van der Waals surface area contributed by atoms with Gasteiger partial charge in [0.2, 0.25) is 0 Å². The Morgan fingerprint density at radius 2 is 2.33 bits per heavy atom. The third-order valence-electron chi connectivity index (χ3n) is 2.16. The number of ether oxygens (including phenoxy) is 1. The molecule has 1 nitrogen and oxygen atoms in total. The molecule has 1 heterocycles. The van der Waals surface area contributed by atoms with Crippen molar-refractivity contribution >= 4 is 0 Å². The molecule has 12 heavy (non-hydrogen) atoms. The van der Waals surface area contributed by atoms with Crippen LogP contribution in [0.15, 0.2) is 23.5 Å². The predicted octanol–water partition coefficient (Wildman–Crippen LogP) is 3.28. The third-order valence-corrected chi connectivity index (χ3v) is 2.16.